The van der Waals surface area contributed by atoms with Crippen molar-refractivity contribution in [3.8, 4) is 11.3 Å². The molecule has 0 radical (unpaired) electrons. The predicted molar refractivity (Wildman–Crippen MR) is 85.4 cm³/mol. The molecule has 0 saturated carbocycles. The van der Waals surface area contributed by atoms with Gasteiger partial charge in [-0.2, -0.15) is 16.9 Å². The summed E-state index contributed by atoms with van der Waals surface area (Å²) < 4.78 is 0. The Balaban J connectivity index is 2.15. The molecule has 0 aliphatic rings. The minimum Gasteiger partial charge on any atom is -0.396 e. The molecule has 1 amide bonds. The number of amides is 1. The van der Waals surface area contributed by atoms with E-state index in [0.717, 1.165) is 11.3 Å². The van der Waals surface area contributed by atoms with E-state index < -0.39 is 0 Å². The minimum atomic E-state index is -0.171. The van der Waals surface area contributed by atoms with Crippen LogP contribution in [-0.4, -0.2) is 45.9 Å². The molecule has 3 N–H and O–H groups in total. The molecule has 0 aliphatic carbocycles. The maximum Gasteiger partial charge on any atom is 0.255 e. The third-order valence-electron chi connectivity index (χ3n) is 3.13. The number of benzene rings is 1. The van der Waals surface area contributed by atoms with Gasteiger partial charge < -0.3 is 10.4 Å². The summed E-state index contributed by atoms with van der Waals surface area (Å²) >= 11 is 1.64. The van der Waals surface area contributed by atoms with Gasteiger partial charge in [-0.05, 0) is 12.7 Å². The van der Waals surface area contributed by atoms with Crippen molar-refractivity contribution in [1.29, 1.82) is 0 Å². The number of aromatic amines is 1. The van der Waals surface area contributed by atoms with E-state index in [2.05, 4.69) is 15.5 Å². The van der Waals surface area contributed by atoms with Crippen LogP contribution in [-0.2, 0) is 0 Å². The molecular weight excluding hydrogens is 286 g/mol. The average molecular weight is 305 g/mol. The Morgan fingerprint density at radius 2 is 2.19 bits per heavy atom. The summed E-state index contributed by atoms with van der Waals surface area (Å²) in [7, 11) is 0. The fourth-order valence-corrected chi connectivity index (χ4v) is 2.75. The van der Waals surface area contributed by atoms with E-state index in [9.17, 15) is 4.79 Å². The van der Waals surface area contributed by atoms with E-state index in [0.29, 0.717) is 17.7 Å². The molecule has 0 saturated heterocycles. The van der Waals surface area contributed by atoms with Crippen LogP contribution in [0.25, 0.3) is 11.3 Å². The molecule has 112 valence electrons. The van der Waals surface area contributed by atoms with Gasteiger partial charge in [0.2, 0.25) is 0 Å². The summed E-state index contributed by atoms with van der Waals surface area (Å²) in [4.78, 5) is 12.4. The Hall–Kier alpha value is -1.79. The first-order valence-electron chi connectivity index (χ1n) is 6.75. The highest BCUT2D eigenvalue weighted by atomic mass is 32.2. The average Bonchev–Trinajstić information content (AvgIpc) is 2.98. The van der Waals surface area contributed by atoms with Gasteiger partial charge >= 0.3 is 0 Å². The smallest absolute Gasteiger partial charge is 0.255 e. The molecular formula is C15H19N3O2S. The van der Waals surface area contributed by atoms with Crippen LogP contribution in [0.2, 0.25) is 0 Å². The predicted octanol–water partition coefficient (Wildman–Crippen LogP) is 1.92. The zero-order valence-electron chi connectivity index (χ0n) is 11.9. The lowest BCUT2D eigenvalue weighted by Gasteiger charge is -2.16. The molecule has 21 heavy (non-hydrogen) atoms. The number of carbonyl (C=O) groups is 1. The highest BCUT2D eigenvalue weighted by molar-refractivity contribution is 7.98. The van der Waals surface area contributed by atoms with Gasteiger partial charge in [0.15, 0.2) is 0 Å². The SMILES string of the molecule is CSCC(CCO)NC(=O)c1cn[nH]c1-c1ccccc1. The number of nitrogens with one attached hydrogen (secondary N) is 2. The largest absolute Gasteiger partial charge is 0.396 e. The first kappa shape index (κ1) is 15.6. The number of hydrogen-bond donors (Lipinski definition) is 3. The maximum atomic E-state index is 12.4. The van der Waals surface area contributed by atoms with Gasteiger partial charge in [0.1, 0.15) is 0 Å². The van der Waals surface area contributed by atoms with Crippen molar-refractivity contribution in [2.45, 2.75) is 12.5 Å². The molecule has 1 heterocycles. The highest BCUT2D eigenvalue weighted by Gasteiger charge is 2.18. The Morgan fingerprint density at radius 3 is 2.86 bits per heavy atom. The summed E-state index contributed by atoms with van der Waals surface area (Å²) in [6, 6.07) is 9.57. The number of aromatic nitrogens is 2. The van der Waals surface area contributed by atoms with E-state index in [4.69, 9.17) is 5.11 Å². The lowest BCUT2D eigenvalue weighted by atomic mass is 10.1. The van der Waals surface area contributed by atoms with Crippen molar-refractivity contribution in [2.24, 2.45) is 0 Å². The van der Waals surface area contributed by atoms with Crippen LogP contribution in [0.5, 0.6) is 0 Å². The van der Waals surface area contributed by atoms with Gasteiger partial charge in [0.05, 0.1) is 17.5 Å². The van der Waals surface area contributed by atoms with Crippen molar-refractivity contribution in [3.63, 3.8) is 0 Å². The normalized spacial score (nSPS) is 12.1. The first-order valence-corrected chi connectivity index (χ1v) is 8.15. The van der Waals surface area contributed by atoms with Crippen LogP contribution in [0.1, 0.15) is 16.8 Å². The number of hydrogen-bond acceptors (Lipinski definition) is 4. The highest BCUT2D eigenvalue weighted by Crippen LogP contribution is 2.20. The third-order valence-corrected chi connectivity index (χ3v) is 3.86. The first-order chi connectivity index (χ1) is 10.3. The van der Waals surface area contributed by atoms with E-state index in [1.165, 1.54) is 6.20 Å². The van der Waals surface area contributed by atoms with Crippen LogP contribution >= 0.6 is 11.8 Å². The lowest BCUT2D eigenvalue weighted by molar-refractivity contribution is 0.0936. The zero-order chi connectivity index (χ0) is 15.1. The zero-order valence-corrected chi connectivity index (χ0v) is 12.7. The molecule has 0 aliphatic heterocycles. The van der Waals surface area contributed by atoms with E-state index in [1.54, 1.807) is 11.8 Å². The standard InChI is InChI=1S/C15H19N3O2S/c1-21-10-12(7-8-19)17-15(20)13-9-16-18-14(13)11-5-3-2-4-6-11/h2-6,9,12,19H,7-8,10H2,1H3,(H,16,18)(H,17,20). The Labute approximate surface area is 128 Å². The number of carbonyl (C=O) groups excluding carboxylic acids is 1. The quantitative estimate of drug-likeness (QED) is 0.730. The summed E-state index contributed by atoms with van der Waals surface area (Å²) in [5.41, 5.74) is 2.15. The van der Waals surface area contributed by atoms with Gasteiger partial charge in [0.25, 0.3) is 5.91 Å². The van der Waals surface area contributed by atoms with Crippen LogP contribution in [0.15, 0.2) is 36.5 Å². The van der Waals surface area contributed by atoms with Crippen molar-refractivity contribution >= 4 is 17.7 Å². The number of rotatable bonds is 7. The van der Waals surface area contributed by atoms with Crippen LogP contribution < -0.4 is 5.32 Å². The second-order valence-electron chi connectivity index (χ2n) is 4.66. The molecule has 6 heteroatoms. The monoisotopic (exact) mass is 305 g/mol. The molecule has 2 aromatic rings. The third kappa shape index (κ3) is 4.09. The van der Waals surface area contributed by atoms with Gasteiger partial charge in [-0.25, -0.2) is 0 Å². The van der Waals surface area contributed by atoms with Crippen LogP contribution in [0.4, 0.5) is 0 Å². The van der Waals surface area contributed by atoms with Crippen molar-refractivity contribution in [1.82, 2.24) is 15.5 Å². The molecule has 1 atom stereocenters. The molecule has 1 aromatic heterocycles. The molecule has 1 aromatic carbocycles. The molecule has 5 nitrogen and oxygen atoms in total. The van der Waals surface area contributed by atoms with Crippen molar-refractivity contribution in [2.75, 3.05) is 18.6 Å². The molecule has 2 rings (SSSR count). The van der Waals surface area contributed by atoms with Crippen LogP contribution in [0.3, 0.4) is 0 Å². The van der Waals surface area contributed by atoms with Gasteiger partial charge in [-0.3, -0.25) is 9.89 Å². The number of H-pyrrole nitrogens is 1. The Bertz CT molecular complexity index is 565. The fraction of sp³-hybridized carbons (Fsp3) is 0.333. The second-order valence-corrected chi connectivity index (χ2v) is 5.57. The topological polar surface area (TPSA) is 78.0 Å². The Morgan fingerprint density at radius 1 is 1.43 bits per heavy atom. The van der Waals surface area contributed by atoms with Gasteiger partial charge in [-0.15, -0.1) is 0 Å². The lowest BCUT2D eigenvalue weighted by Crippen LogP contribution is -2.37. The second kappa shape index (κ2) is 7.85. The van der Waals surface area contributed by atoms with E-state index in [1.807, 2.05) is 36.6 Å². The summed E-state index contributed by atoms with van der Waals surface area (Å²) in [5, 5.41) is 18.9. The summed E-state index contributed by atoms with van der Waals surface area (Å²) in [5.74, 6) is 0.597. The van der Waals surface area contributed by atoms with Gasteiger partial charge in [0, 0.05) is 24.0 Å². The van der Waals surface area contributed by atoms with E-state index >= 15 is 0 Å². The summed E-state index contributed by atoms with van der Waals surface area (Å²) in [6.45, 7) is 0.0580. The maximum absolute atomic E-state index is 12.4. The van der Waals surface area contributed by atoms with E-state index in [-0.39, 0.29) is 18.6 Å². The molecule has 0 spiro atoms. The molecule has 1 unspecified atom stereocenters. The van der Waals surface area contributed by atoms with Crippen molar-refractivity contribution < 1.29 is 9.90 Å². The Kier molecular flexibility index (Phi) is 5.83. The molecule has 0 bridgehead atoms. The fourth-order valence-electron chi connectivity index (χ4n) is 2.10. The number of aliphatic hydroxyl groups is 1. The van der Waals surface area contributed by atoms with Crippen molar-refractivity contribution in [3.05, 3.63) is 42.1 Å². The number of aliphatic hydroxyl groups excluding tert-OH is 1. The number of nitrogens with zero attached hydrogens (tertiary/aromatic N) is 1. The van der Waals surface area contributed by atoms with Crippen LogP contribution in [0, 0.1) is 0 Å². The molecule has 0 fully saturated rings. The van der Waals surface area contributed by atoms with Gasteiger partial charge in [-0.1, -0.05) is 30.3 Å². The number of thioether (sulfide) groups is 1. The minimum absolute atomic E-state index is 0.0453. The summed E-state index contributed by atoms with van der Waals surface area (Å²) in [6.07, 6.45) is 4.06.